The van der Waals surface area contributed by atoms with E-state index in [1.807, 2.05) is 18.2 Å². The van der Waals surface area contributed by atoms with Crippen LogP contribution in [0.25, 0.3) is 0 Å². The van der Waals surface area contributed by atoms with Crippen molar-refractivity contribution in [3.8, 4) is 11.8 Å². The summed E-state index contributed by atoms with van der Waals surface area (Å²) in [5.74, 6) is 5.92. The lowest BCUT2D eigenvalue weighted by Crippen LogP contribution is -2.37. The summed E-state index contributed by atoms with van der Waals surface area (Å²) in [6.45, 7) is 3.47. The Bertz CT molecular complexity index is 1100. The van der Waals surface area contributed by atoms with Crippen molar-refractivity contribution in [3.05, 3.63) is 52.8 Å². The lowest BCUT2D eigenvalue weighted by Gasteiger charge is -2.30. The summed E-state index contributed by atoms with van der Waals surface area (Å²) in [5.41, 5.74) is 8.19. The number of nitrogen functional groups attached to an aromatic ring is 1. The number of nitrogens with zero attached hydrogens (tertiary/aromatic N) is 5. The summed E-state index contributed by atoms with van der Waals surface area (Å²) in [6, 6.07) is 7.65. The van der Waals surface area contributed by atoms with Gasteiger partial charge in [-0.1, -0.05) is 35.5 Å². The molecule has 11 heteroatoms. The third kappa shape index (κ3) is 5.65. The van der Waals surface area contributed by atoms with Crippen LogP contribution in [0.2, 0.25) is 0 Å². The molecule has 1 aliphatic heterocycles. The average molecular weight is 437 g/mol. The van der Waals surface area contributed by atoms with Crippen LogP contribution in [-0.2, 0) is 11.3 Å². The normalized spacial score (nSPS) is 13.2. The fourth-order valence-corrected chi connectivity index (χ4v) is 3.53. The second-order valence-electron chi connectivity index (χ2n) is 6.53. The van der Waals surface area contributed by atoms with Gasteiger partial charge in [0.15, 0.2) is 5.01 Å². The van der Waals surface area contributed by atoms with E-state index in [0.717, 1.165) is 24.3 Å². The molecule has 3 aromatic rings. The first-order valence-electron chi connectivity index (χ1n) is 9.56. The van der Waals surface area contributed by atoms with Crippen molar-refractivity contribution in [2.75, 3.05) is 42.3 Å². The van der Waals surface area contributed by atoms with Crippen LogP contribution in [0.4, 0.5) is 21.6 Å². The number of morpholine rings is 1. The van der Waals surface area contributed by atoms with Crippen LogP contribution in [0.3, 0.4) is 0 Å². The van der Waals surface area contributed by atoms with Gasteiger partial charge in [-0.2, -0.15) is 0 Å². The van der Waals surface area contributed by atoms with Crippen molar-refractivity contribution < 1.29 is 9.53 Å². The van der Waals surface area contributed by atoms with Gasteiger partial charge in [0.25, 0.3) is 0 Å². The van der Waals surface area contributed by atoms with Crippen molar-refractivity contribution in [2.24, 2.45) is 0 Å². The quantitative estimate of drug-likeness (QED) is 0.524. The number of nitrogens with two attached hydrogens (primary N) is 1. The van der Waals surface area contributed by atoms with Gasteiger partial charge in [0, 0.05) is 37.7 Å². The highest BCUT2D eigenvalue weighted by molar-refractivity contribution is 7.15. The summed E-state index contributed by atoms with van der Waals surface area (Å²) in [6.07, 6.45) is 3.05. The molecule has 0 atom stereocenters. The maximum atomic E-state index is 12.3. The number of anilines is 3. The molecule has 1 saturated heterocycles. The Balaban J connectivity index is 1.33. The SMILES string of the molecule is Nc1ncc(C#Cc2nnc(NC(=O)NCc3ccccc3N3CCOCC3)s2)cn1. The first-order valence-corrected chi connectivity index (χ1v) is 10.4. The zero-order valence-electron chi connectivity index (χ0n) is 16.5. The summed E-state index contributed by atoms with van der Waals surface area (Å²) in [5, 5.41) is 14.3. The van der Waals surface area contributed by atoms with Crippen LogP contribution in [0, 0.1) is 11.8 Å². The van der Waals surface area contributed by atoms with Crippen LogP contribution < -0.4 is 21.3 Å². The van der Waals surface area contributed by atoms with E-state index in [2.05, 4.69) is 53.6 Å². The van der Waals surface area contributed by atoms with Crippen molar-refractivity contribution >= 4 is 34.1 Å². The topological polar surface area (TPSA) is 131 Å². The van der Waals surface area contributed by atoms with Crippen LogP contribution in [0.1, 0.15) is 16.1 Å². The molecule has 1 fully saturated rings. The Morgan fingerprint density at radius 3 is 2.74 bits per heavy atom. The summed E-state index contributed by atoms with van der Waals surface area (Å²) in [7, 11) is 0. The predicted octanol–water partition coefficient (Wildman–Crippen LogP) is 1.47. The molecule has 1 aromatic carbocycles. The van der Waals surface area contributed by atoms with E-state index < -0.39 is 0 Å². The number of amides is 2. The van der Waals surface area contributed by atoms with Gasteiger partial charge in [0.05, 0.1) is 18.8 Å². The Kier molecular flexibility index (Phi) is 6.51. The van der Waals surface area contributed by atoms with Crippen LogP contribution in [0.15, 0.2) is 36.7 Å². The van der Waals surface area contributed by atoms with E-state index in [1.54, 1.807) is 0 Å². The predicted molar refractivity (Wildman–Crippen MR) is 118 cm³/mol. The number of nitrogens with one attached hydrogen (secondary N) is 2. The molecule has 1 aliphatic rings. The minimum atomic E-state index is -0.362. The first kappa shape index (κ1) is 20.5. The standard InChI is InChI=1S/C20H20N8O2S/c21-18-22-11-14(12-23-18)5-6-17-26-27-20(31-17)25-19(29)24-13-15-3-1-2-4-16(15)28-7-9-30-10-8-28/h1-4,11-12H,7-10,13H2,(H2,21,22,23)(H2,24,25,27,29). The van der Waals surface area contributed by atoms with Gasteiger partial charge in [-0.15, -0.1) is 10.2 Å². The molecule has 0 aliphatic carbocycles. The van der Waals surface area contributed by atoms with Crippen LogP contribution in [-0.4, -0.2) is 52.5 Å². The zero-order valence-corrected chi connectivity index (χ0v) is 17.4. The molecule has 4 rings (SSSR count). The van der Waals surface area contributed by atoms with Gasteiger partial charge >= 0.3 is 6.03 Å². The van der Waals surface area contributed by atoms with Gasteiger partial charge in [0.2, 0.25) is 11.1 Å². The molecule has 0 spiro atoms. The lowest BCUT2D eigenvalue weighted by atomic mass is 10.1. The van der Waals surface area contributed by atoms with E-state index in [4.69, 9.17) is 10.5 Å². The fraction of sp³-hybridized carbons (Fsp3) is 0.250. The number of hydrogen-bond acceptors (Lipinski definition) is 9. The fourth-order valence-electron chi connectivity index (χ4n) is 2.94. The average Bonchev–Trinajstić information content (AvgIpc) is 3.25. The third-order valence-electron chi connectivity index (χ3n) is 4.41. The number of para-hydroxylation sites is 1. The van der Waals surface area contributed by atoms with Crippen molar-refractivity contribution in [1.82, 2.24) is 25.5 Å². The second kappa shape index (κ2) is 9.84. The van der Waals surface area contributed by atoms with Crippen molar-refractivity contribution in [1.29, 1.82) is 0 Å². The molecule has 2 aromatic heterocycles. The highest BCUT2D eigenvalue weighted by Crippen LogP contribution is 2.21. The molecule has 0 unspecified atom stereocenters. The molecule has 2 amide bonds. The number of ether oxygens (including phenoxy) is 1. The Morgan fingerprint density at radius 2 is 1.94 bits per heavy atom. The van der Waals surface area contributed by atoms with Crippen LogP contribution in [0.5, 0.6) is 0 Å². The Labute approximate surface area is 182 Å². The molecular formula is C20H20N8O2S. The molecule has 4 N–H and O–H groups in total. The molecule has 0 bridgehead atoms. The molecule has 0 radical (unpaired) electrons. The number of hydrogen-bond donors (Lipinski definition) is 3. The minimum absolute atomic E-state index is 0.187. The maximum absolute atomic E-state index is 12.3. The Hall–Kier alpha value is -3.75. The molecule has 3 heterocycles. The van der Waals surface area contributed by atoms with E-state index in [1.165, 1.54) is 23.7 Å². The number of aromatic nitrogens is 4. The largest absolute Gasteiger partial charge is 0.378 e. The molecule has 158 valence electrons. The van der Waals surface area contributed by atoms with E-state index in [9.17, 15) is 4.79 Å². The Morgan fingerprint density at radius 1 is 1.16 bits per heavy atom. The summed E-state index contributed by atoms with van der Waals surface area (Å²) < 4.78 is 5.42. The number of carbonyl (C=O) groups excluding carboxylic acids is 1. The van der Waals surface area contributed by atoms with Crippen LogP contribution >= 0.6 is 11.3 Å². The van der Waals surface area contributed by atoms with Gasteiger partial charge in [-0.05, 0) is 17.6 Å². The molecule has 0 saturated carbocycles. The van der Waals surface area contributed by atoms with Gasteiger partial charge in [-0.3, -0.25) is 5.32 Å². The summed E-state index contributed by atoms with van der Waals surface area (Å²) in [4.78, 5) is 22.3. The highest BCUT2D eigenvalue weighted by atomic mass is 32.1. The van der Waals surface area contributed by atoms with Gasteiger partial charge in [0.1, 0.15) is 0 Å². The number of rotatable bonds is 4. The smallest absolute Gasteiger partial charge is 0.321 e. The summed E-state index contributed by atoms with van der Waals surface area (Å²) >= 11 is 1.18. The molecular weight excluding hydrogens is 416 g/mol. The minimum Gasteiger partial charge on any atom is -0.378 e. The van der Waals surface area contributed by atoms with Crippen molar-refractivity contribution in [3.63, 3.8) is 0 Å². The monoisotopic (exact) mass is 436 g/mol. The van der Waals surface area contributed by atoms with Gasteiger partial charge in [-0.25, -0.2) is 14.8 Å². The van der Waals surface area contributed by atoms with E-state index in [0.29, 0.717) is 35.5 Å². The molecule has 10 nitrogen and oxygen atoms in total. The first-order chi connectivity index (χ1) is 15.2. The number of benzene rings is 1. The number of urea groups is 1. The second-order valence-corrected chi connectivity index (χ2v) is 7.51. The van der Waals surface area contributed by atoms with E-state index in [-0.39, 0.29) is 12.0 Å². The maximum Gasteiger partial charge on any atom is 0.321 e. The highest BCUT2D eigenvalue weighted by Gasteiger charge is 2.15. The molecule has 31 heavy (non-hydrogen) atoms. The van der Waals surface area contributed by atoms with E-state index >= 15 is 0 Å². The van der Waals surface area contributed by atoms with Gasteiger partial charge < -0.3 is 20.7 Å². The third-order valence-corrected chi connectivity index (χ3v) is 5.17. The van der Waals surface area contributed by atoms with Crippen molar-refractivity contribution in [2.45, 2.75) is 6.54 Å². The zero-order chi connectivity index (χ0) is 21.5. The number of carbonyl (C=O) groups is 1. The lowest BCUT2D eigenvalue weighted by molar-refractivity contribution is 0.122.